The summed E-state index contributed by atoms with van der Waals surface area (Å²) in [6.07, 6.45) is 2.80. The third-order valence-corrected chi connectivity index (χ3v) is 5.37. The van der Waals surface area contributed by atoms with E-state index in [-0.39, 0.29) is 11.2 Å². The Morgan fingerprint density at radius 3 is 2.53 bits per heavy atom. The summed E-state index contributed by atoms with van der Waals surface area (Å²) < 4.78 is 0. The van der Waals surface area contributed by atoms with E-state index in [1.807, 2.05) is 0 Å². The van der Waals surface area contributed by atoms with E-state index in [1.165, 1.54) is 6.42 Å². The van der Waals surface area contributed by atoms with Crippen LogP contribution in [0.3, 0.4) is 0 Å². The maximum absolute atomic E-state index is 12.2. The van der Waals surface area contributed by atoms with E-state index in [0.717, 1.165) is 35.2 Å². The smallest absolute Gasteiger partial charge is 0.186 e. The summed E-state index contributed by atoms with van der Waals surface area (Å²) in [7, 11) is 0. The summed E-state index contributed by atoms with van der Waals surface area (Å²) in [4.78, 5) is 20.2. The quantitative estimate of drug-likeness (QED) is 0.788. The van der Waals surface area contributed by atoms with Gasteiger partial charge in [-0.25, -0.2) is 4.98 Å². The normalized spacial score (nSPS) is 24.6. The Labute approximate surface area is 119 Å². The lowest BCUT2D eigenvalue weighted by atomic mass is 9.78. The maximum Gasteiger partial charge on any atom is 0.186 e. The van der Waals surface area contributed by atoms with E-state index in [9.17, 15) is 4.79 Å². The number of fused-ring (bicyclic) bond motifs is 1. The van der Waals surface area contributed by atoms with Crippen LogP contribution in [-0.2, 0) is 6.42 Å². The largest absolute Gasteiger partial charge is 0.348 e. The molecule has 0 atom stereocenters. The van der Waals surface area contributed by atoms with Crippen LogP contribution in [0.5, 0.6) is 0 Å². The Bertz CT molecular complexity index is 530. The van der Waals surface area contributed by atoms with Crippen molar-refractivity contribution in [1.29, 1.82) is 0 Å². The van der Waals surface area contributed by atoms with Crippen molar-refractivity contribution in [3.8, 4) is 0 Å². The first-order valence-electron chi connectivity index (χ1n) is 7.04. The van der Waals surface area contributed by atoms with Gasteiger partial charge in [0, 0.05) is 19.5 Å². The van der Waals surface area contributed by atoms with Crippen molar-refractivity contribution >= 4 is 22.3 Å². The number of hydrogen-bond donors (Lipinski definition) is 0. The summed E-state index contributed by atoms with van der Waals surface area (Å²) in [6, 6.07) is 0. The Morgan fingerprint density at radius 2 is 1.89 bits per heavy atom. The van der Waals surface area contributed by atoms with Crippen LogP contribution in [-0.4, -0.2) is 23.9 Å². The van der Waals surface area contributed by atoms with Gasteiger partial charge < -0.3 is 4.90 Å². The second-order valence-corrected chi connectivity index (χ2v) is 8.53. The Balaban J connectivity index is 1.89. The van der Waals surface area contributed by atoms with Crippen LogP contribution in [0.25, 0.3) is 0 Å². The van der Waals surface area contributed by atoms with E-state index in [4.69, 9.17) is 4.98 Å². The first-order valence-corrected chi connectivity index (χ1v) is 7.85. The number of hydrogen-bond acceptors (Lipinski definition) is 4. The van der Waals surface area contributed by atoms with E-state index in [0.29, 0.717) is 11.8 Å². The minimum atomic E-state index is 0.0692. The predicted octanol–water partition coefficient (Wildman–Crippen LogP) is 3.53. The molecule has 0 bridgehead atoms. The number of thiazole rings is 1. The van der Waals surface area contributed by atoms with Gasteiger partial charge in [0.25, 0.3) is 0 Å². The Kier molecular flexibility index (Phi) is 2.79. The lowest BCUT2D eigenvalue weighted by Gasteiger charge is -2.26. The van der Waals surface area contributed by atoms with Crippen LogP contribution in [0.15, 0.2) is 0 Å². The maximum atomic E-state index is 12.2. The highest BCUT2D eigenvalue weighted by Gasteiger charge is 2.36. The lowest BCUT2D eigenvalue weighted by molar-refractivity contribution is 0.0916. The molecule has 0 saturated carbocycles. The minimum absolute atomic E-state index is 0.0692. The molecule has 1 fully saturated rings. The van der Waals surface area contributed by atoms with Crippen molar-refractivity contribution in [2.45, 2.75) is 47.0 Å². The SMILES string of the molecule is CC1(C)CC(=O)c2sc(N3CCC(C)(C)C3)nc2C1. The number of Topliss-reactive ketones (excluding diaryl/α,β-unsaturated/α-hetero) is 1. The fourth-order valence-corrected chi connectivity index (χ4v) is 4.16. The molecule has 2 aliphatic rings. The summed E-state index contributed by atoms with van der Waals surface area (Å²) in [5.74, 6) is 0.286. The van der Waals surface area contributed by atoms with Gasteiger partial charge in [-0.3, -0.25) is 4.79 Å². The highest BCUT2D eigenvalue weighted by Crippen LogP contribution is 2.41. The summed E-state index contributed by atoms with van der Waals surface area (Å²) in [5, 5.41) is 1.06. The van der Waals surface area contributed by atoms with Gasteiger partial charge in [-0.15, -0.1) is 0 Å². The molecule has 3 nitrogen and oxygen atoms in total. The number of rotatable bonds is 1. The van der Waals surface area contributed by atoms with E-state index in [2.05, 4.69) is 32.6 Å². The monoisotopic (exact) mass is 278 g/mol. The fraction of sp³-hybridized carbons (Fsp3) is 0.733. The first kappa shape index (κ1) is 13.1. The summed E-state index contributed by atoms with van der Waals surface area (Å²) in [6.45, 7) is 11.0. The van der Waals surface area contributed by atoms with Gasteiger partial charge >= 0.3 is 0 Å². The van der Waals surface area contributed by atoms with Crippen molar-refractivity contribution < 1.29 is 4.79 Å². The van der Waals surface area contributed by atoms with Crippen LogP contribution in [0.2, 0.25) is 0 Å². The predicted molar refractivity (Wildman–Crippen MR) is 79.2 cm³/mol. The fourth-order valence-electron chi connectivity index (χ4n) is 3.12. The van der Waals surface area contributed by atoms with Crippen molar-refractivity contribution in [3.05, 3.63) is 10.6 Å². The summed E-state index contributed by atoms with van der Waals surface area (Å²) >= 11 is 1.61. The molecule has 0 N–H and O–H groups in total. The molecule has 4 heteroatoms. The summed E-state index contributed by atoms with van der Waals surface area (Å²) in [5.41, 5.74) is 1.47. The standard InChI is InChI=1S/C15H22N2OS/c1-14(2)5-6-17(9-14)13-16-10-7-15(3,4)8-11(18)12(10)19-13/h5-9H2,1-4H3. The van der Waals surface area contributed by atoms with Gasteiger partial charge in [0.2, 0.25) is 0 Å². The number of carbonyl (C=O) groups excluding carboxylic acids is 1. The molecule has 1 saturated heterocycles. The van der Waals surface area contributed by atoms with Crippen molar-refractivity contribution in [3.63, 3.8) is 0 Å². The number of anilines is 1. The Hall–Kier alpha value is -0.900. The second-order valence-electron chi connectivity index (χ2n) is 7.55. The van der Waals surface area contributed by atoms with Gasteiger partial charge in [-0.1, -0.05) is 39.0 Å². The molecule has 1 aliphatic heterocycles. The average molecular weight is 278 g/mol. The number of ketones is 1. The molecule has 0 spiro atoms. The molecule has 1 aromatic rings. The van der Waals surface area contributed by atoms with Gasteiger partial charge in [-0.2, -0.15) is 0 Å². The van der Waals surface area contributed by atoms with Gasteiger partial charge in [0.15, 0.2) is 10.9 Å². The van der Waals surface area contributed by atoms with Crippen LogP contribution in [0.1, 0.15) is 55.9 Å². The first-order chi connectivity index (χ1) is 8.76. The third-order valence-electron chi connectivity index (χ3n) is 4.17. The van der Waals surface area contributed by atoms with E-state index in [1.54, 1.807) is 11.3 Å². The van der Waals surface area contributed by atoms with Crippen LogP contribution >= 0.6 is 11.3 Å². The molecule has 19 heavy (non-hydrogen) atoms. The van der Waals surface area contributed by atoms with Crippen molar-refractivity contribution in [2.75, 3.05) is 18.0 Å². The van der Waals surface area contributed by atoms with Crippen LogP contribution in [0, 0.1) is 10.8 Å². The van der Waals surface area contributed by atoms with Gasteiger partial charge in [0.05, 0.1) is 10.6 Å². The number of carbonyl (C=O) groups is 1. The molecular weight excluding hydrogens is 256 g/mol. The average Bonchev–Trinajstić information content (AvgIpc) is 2.79. The van der Waals surface area contributed by atoms with Crippen LogP contribution < -0.4 is 4.90 Å². The van der Waals surface area contributed by atoms with Crippen LogP contribution in [0.4, 0.5) is 5.13 Å². The van der Waals surface area contributed by atoms with Crippen molar-refractivity contribution in [1.82, 2.24) is 4.98 Å². The number of aromatic nitrogens is 1. The zero-order chi connectivity index (χ0) is 13.8. The molecular formula is C15H22N2OS. The van der Waals surface area contributed by atoms with E-state index >= 15 is 0 Å². The highest BCUT2D eigenvalue weighted by molar-refractivity contribution is 7.17. The molecule has 0 unspecified atom stereocenters. The van der Waals surface area contributed by atoms with E-state index < -0.39 is 0 Å². The molecule has 0 aromatic carbocycles. The van der Waals surface area contributed by atoms with Gasteiger partial charge in [-0.05, 0) is 23.7 Å². The van der Waals surface area contributed by atoms with Crippen molar-refractivity contribution in [2.24, 2.45) is 10.8 Å². The zero-order valence-electron chi connectivity index (χ0n) is 12.2. The lowest BCUT2D eigenvalue weighted by Crippen LogP contribution is -2.26. The topological polar surface area (TPSA) is 33.2 Å². The molecule has 2 heterocycles. The number of nitrogens with zero attached hydrogens (tertiary/aromatic N) is 2. The second kappa shape index (κ2) is 4.05. The Morgan fingerprint density at radius 1 is 1.16 bits per heavy atom. The minimum Gasteiger partial charge on any atom is -0.348 e. The molecule has 1 aliphatic carbocycles. The van der Waals surface area contributed by atoms with Gasteiger partial charge in [0.1, 0.15) is 0 Å². The molecule has 0 amide bonds. The highest BCUT2D eigenvalue weighted by atomic mass is 32.1. The zero-order valence-corrected chi connectivity index (χ0v) is 13.1. The molecule has 1 aromatic heterocycles. The molecule has 104 valence electrons. The molecule has 0 radical (unpaired) electrons. The third kappa shape index (κ3) is 2.42. The molecule has 3 rings (SSSR count).